The van der Waals surface area contributed by atoms with E-state index in [4.69, 9.17) is 14.2 Å². The molecule has 0 aromatic heterocycles. The van der Waals surface area contributed by atoms with Gasteiger partial charge in [-0.1, -0.05) is 143 Å². The molecule has 0 N–H and O–H groups in total. The van der Waals surface area contributed by atoms with Crippen molar-refractivity contribution < 1.29 is 14.2 Å². The smallest absolute Gasteiger partial charge is 0.290 e. The van der Waals surface area contributed by atoms with Crippen LogP contribution >= 0.6 is 0 Å². The minimum Gasteiger partial charge on any atom is -0.322 e. The van der Waals surface area contributed by atoms with E-state index in [9.17, 15) is 0 Å². The van der Waals surface area contributed by atoms with E-state index in [1.54, 1.807) is 0 Å². The lowest BCUT2D eigenvalue weighted by Crippen LogP contribution is -2.45. The molecule has 36 heavy (non-hydrogen) atoms. The molecule has 0 heterocycles. The van der Waals surface area contributed by atoms with Gasteiger partial charge in [-0.25, -0.2) is 0 Å². The van der Waals surface area contributed by atoms with E-state index in [0.29, 0.717) is 19.8 Å². The molecular weight excluding hydrogens is 444 g/mol. The Bertz CT molecular complexity index is 850. The van der Waals surface area contributed by atoms with Crippen molar-refractivity contribution in [3.05, 3.63) is 120 Å². The van der Waals surface area contributed by atoms with Crippen LogP contribution in [0, 0.1) is 5.92 Å². The average Bonchev–Trinajstić information content (AvgIpc) is 2.94. The molecule has 3 rings (SSSR count). The topological polar surface area (TPSA) is 27.7 Å². The first kappa shape index (κ1) is 27.9. The molecule has 3 heteroatoms. The molecule has 0 fully saturated rings. The summed E-state index contributed by atoms with van der Waals surface area (Å²) in [7, 11) is 0. The zero-order chi connectivity index (χ0) is 25.3. The summed E-state index contributed by atoms with van der Waals surface area (Å²) in [4.78, 5) is 0. The van der Waals surface area contributed by atoms with Crippen molar-refractivity contribution in [2.75, 3.05) is 0 Å². The zero-order valence-corrected chi connectivity index (χ0v) is 21.8. The molecule has 0 amide bonds. The van der Waals surface area contributed by atoms with Crippen molar-refractivity contribution >= 4 is 0 Å². The summed E-state index contributed by atoms with van der Waals surface area (Å²) in [5.41, 5.74) is 3.24. The Morgan fingerprint density at radius 2 is 1.00 bits per heavy atom. The highest BCUT2D eigenvalue weighted by molar-refractivity contribution is 5.15. The predicted octanol–water partition coefficient (Wildman–Crippen LogP) is 8.84. The van der Waals surface area contributed by atoms with Crippen LogP contribution in [0.1, 0.15) is 68.6 Å². The number of rotatable bonds is 18. The fourth-order valence-corrected chi connectivity index (χ4v) is 4.30. The first-order valence-electron chi connectivity index (χ1n) is 13.4. The Balaban J connectivity index is 1.81. The van der Waals surface area contributed by atoms with Crippen molar-refractivity contribution in [2.45, 2.75) is 77.7 Å². The van der Waals surface area contributed by atoms with Gasteiger partial charge in [-0.2, -0.15) is 0 Å². The average molecular weight is 487 g/mol. The summed E-state index contributed by atoms with van der Waals surface area (Å²) < 4.78 is 19.8. The highest BCUT2D eigenvalue weighted by Gasteiger charge is 2.41. The van der Waals surface area contributed by atoms with Crippen LogP contribution in [-0.2, 0) is 34.0 Å². The maximum absolute atomic E-state index is 6.59. The van der Waals surface area contributed by atoms with E-state index in [-0.39, 0.29) is 5.92 Å². The first-order chi connectivity index (χ1) is 17.8. The monoisotopic (exact) mass is 486 g/mol. The van der Waals surface area contributed by atoms with Crippen LogP contribution in [-0.4, -0.2) is 5.97 Å². The van der Waals surface area contributed by atoms with Gasteiger partial charge in [0.1, 0.15) is 0 Å². The third kappa shape index (κ3) is 9.39. The number of hydrogen-bond acceptors (Lipinski definition) is 3. The molecule has 0 aliphatic carbocycles. The summed E-state index contributed by atoms with van der Waals surface area (Å²) >= 11 is 0. The van der Waals surface area contributed by atoms with Gasteiger partial charge >= 0.3 is 0 Å². The molecule has 1 atom stereocenters. The Morgan fingerprint density at radius 1 is 0.611 bits per heavy atom. The summed E-state index contributed by atoms with van der Waals surface area (Å²) in [6.45, 7) is 7.61. The molecule has 0 aliphatic rings. The summed E-state index contributed by atoms with van der Waals surface area (Å²) in [6, 6.07) is 30.6. The number of ether oxygens (including phenoxy) is 3. The minimum absolute atomic E-state index is 0.111. The van der Waals surface area contributed by atoms with Crippen LogP contribution in [0.5, 0.6) is 0 Å². The lowest BCUT2D eigenvalue weighted by molar-refractivity contribution is -0.412. The third-order valence-corrected chi connectivity index (χ3v) is 6.46. The van der Waals surface area contributed by atoms with Gasteiger partial charge in [0.05, 0.1) is 25.7 Å². The Labute approximate surface area is 218 Å². The molecule has 192 valence electrons. The number of unbranched alkanes of at least 4 members (excludes halogenated alkanes) is 5. The van der Waals surface area contributed by atoms with Gasteiger partial charge in [0.25, 0.3) is 5.97 Å². The zero-order valence-electron chi connectivity index (χ0n) is 21.8. The van der Waals surface area contributed by atoms with Gasteiger partial charge in [0.15, 0.2) is 0 Å². The molecule has 0 radical (unpaired) electrons. The van der Waals surface area contributed by atoms with Crippen molar-refractivity contribution in [1.29, 1.82) is 0 Å². The van der Waals surface area contributed by atoms with Crippen molar-refractivity contribution in [3.8, 4) is 0 Å². The highest BCUT2D eigenvalue weighted by atomic mass is 16.9. The van der Waals surface area contributed by atoms with E-state index >= 15 is 0 Å². The lowest BCUT2D eigenvalue weighted by Gasteiger charge is -2.38. The number of benzene rings is 3. The maximum atomic E-state index is 6.59. The summed E-state index contributed by atoms with van der Waals surface area (Å²) in [6.07, 6.45) is 10.2. The normalized spacial score (nSPS) is 12.4. The van der Waals surface area contributed by atoms with E-state index < -0.39 is 5.97 Å². The second kappa shape index (κ2) is 16.1. The summed E-state index contributed by atoms with van der Waals surface area (Å²) in [5, 5.41) is 0. The van der Waals surface area contributed by atoms with Crippen molar-refractivity contribution in [1.82, 2.24) is 0 Å². The fourth-order valence-electron chi connectivity index (χ4n) is 4.30. The van der Waals surface area contributed by atoms with Gasteiger partial charge in [-0.3, -0.25) is 0 Å². The van der Waals surface area contributed by atoms with Gasteiger partial charge < -0.3 is 14.2 Å². The van der Waals surface area contributed by atoms with Gasteiger partial charge in [-0.15, -0.1) is 6.58 Å². The largest absolute Gasteiger partial charge is 0.322 e. The van der Waals surface area contributed by atoms with Crippen molar-refractivity contribution in [2.24, 2.45) is 5.92 Å². The van der Waals surface area contributed by atoms with Crippen LogP contribution in [0.15, 0.2) is 104 Å². The van der Waals surface area contributed by atoms with Gasteiger partial charge in [0, 0.05) is 0 Å². The molecule has 3 nitrogen and oxygen atoms in total. The molecule has 0 bridgehead atoms. The second-order valence-electron chi connectivity index (χ2n) is 9.33. The molecule has 0 spiro atoms. The van der Waals surface area contributed by atoms with E-state index in [2.05, 4.69) is 49.9 Å². The molecular formula is C33H42O3. The molecule has 0 saturated carbocycles. The molecule has 0 saturated heterocycles. The first-order valence-corrected chi connectivity index (χ1v) is 13.4. The van der Waals surface area contributed by atoms with Crippen LogP contribution < -0.4 is 0 Å². The SMILES string of the molecule is C=CC(CCCCCCCC)C(OCc1ccccc1)(OCc1ccccc1)OCc1ccccc1. The van der Waals surface area contributed by atoms with Crippen LogP contribution in [0.4, 0.5) is 0 Å². The second-order valence-corrected chi connectivity index (χ2v) is 9.33. The molecule has 1 unspecified atom stereocenters. The lowest BCUT2D eigenvalue weighted by atomic mass is 9.97. The Morgan fingerprint density at radius 3 is 1.39 bits per heavy atom. The minimum atomic E-state index is -1.24. The molecule has 3 aromatic rings. The standard InChI is InChI=1S/C33H42O3/c1-3-5-6-7-8-18-25-32(4-2)33(34-26-29-19-12-9-13-20-29,35-27-30-21-14-10-15-22-30)36-28-31-23-16-11-17-24-31/h4,9-17,19-24,32H,2-3,5-8,18,25-28H2,1H3. The molecule has 0 aliphatic heterocycles. The van der Waals surface area contributed by atoms with Gasteiger partial charge in [0.2, 0.25) is 0 Å². The summed E-state index contributed by atoms with van der Waals surface area (Å²) in [5.74, 6) is -1.35. The Hall–Kier alpha value is -2.72. The predicted molar refractivity (Wildman–Crippen MR) is 148 cm³/mol. The number of hydrogen-bond donors (Lipinski definition) is 0. The van der Waals surface area contributed by atoms with E-state index in [1.165, 1.54) is 32.1 Å². The van der Waals surface area contributed by atoms with Gasteiger partial charge in [-0.05, 0) is 23.1 Å². The van der Waals surface area contributed by atoms with E-state index in [1.807, 2.05) is 60.7 Å². The van der Waals surface area contributed by atoms with E-state index in [0.717, 1.165) is 29.5 Å². The van der Waals surface area contributed by atoms with Crippen LogP contribution in [0.3, 0.4) is 0 Å². The van der Waals surface area contributed by atoms with Crippen LogP contribution in [0.25, 0.3) is 0 Å². The highest BCUT2D eigenvalue weighted by Crippen LogP contribution is 2.34. The Kier molecular flexibility index (Phi) is 12.5. The third-order valence-electron chi connectivity index (χ3n) is 6.46. The fraction of sp³-hybridized carbons (Fsp3) is 0.394. The van der Waals surface area contributed by atoms with Crippen molar-refractivity contribution in [3.63, 3.8) is 0 Å². The quantitative estimate of drug-likeness (QED) is 0.102. The van der Waals surface area contributed by atoms with Crippen LogP contribution in [0.2, 0.25) is 0 Å². The maximum Gasteiger partial charge on any atom is 0.290 e. The molecule has 3 aromatic carbocycles.